The van der Waals surface area contributed by atoms with Crippen LogP contribution >= 0.6 is 11.3 Å². The van der Waals surface area contributed by atoms with Crippen molar-refractivity contribution in [2.75, 3.05) is 0 Å². The maximum atomic E-state index is 5.07. The van der Waals surface area contributed by atoms with E-state index in [1.165, 1.54) is 10.4 Å². The minimum absolute atomic E-state index is 0.306. The molecule has 0 aliphatic carbocycles. The van der Waals surface area contributed by atoms with E-state index < -0.39 is 0 Å². The summed E-state index contributed by atoms with van der Waals surface area (Å²) >= 11 is 1.76. The van der Waals surface area contributed by atoms with E-state index in [0.717, 1.165) is 17.2 Å². The molecule has 16 heavy (non-hydrogen) atoms. The normalized spacial score (nSPS) is 12.9. The Hall–Kier alpha value is -1.13. The van der Waals surface area contributed by atoms with Gasteiger partial charge in [0.25, 0.3) is 0 Å². The minimum Gasteiger partial charge on any atom is -0.472 e. The van der Waals surface area contributed by atoms with Crippen LogP contribution in [-0.4, -0.2) is 4.98 Å². The molecule has 0 aliphatic heterocycles. The Morgan fingerprint density at radius 3 is 2.88 bits per heavy atom. The average molecular weight is 236 g/mol. The number of thiazole rings is 1. The van der Waals surface area contributed by atoms with E-state index in [1.807, 2.05) is 13.0 Å². The first kappa shape index (κ1) is 11.4. The van der Waals surface area contributed by atoms with Crippen molar-refractivity contribution in [1.29, 1.82) is 0 Å². The van der Waals surface area contributed by atoms with Crippen LogP contribution in [0, 0.1) is 13.8 Å². The van der Waals surface area contributed by atoms with Gasteiger partial charge in [0.05, 0.1) is 23.2 Å². The van der Waals surface area contributed by atoms with Crippen molar-refractivity contribution in [2.45, 2.75) is 33.4 Å². The van der Waals surface area contributed by atoms with Crippen LogP contribution in [0.3, 0.4) is 0 Å². The highest BCUT2D eigenvalue weighted by Crippen LogP contribution is 2.19. The van der Waals surface area contributed by atoms with E-state index in [-0.39, 0.29) is 0 Å². The van der Waals surface area contributed by atoms with Gasteiger partial charge < -0.3 is 9.73 Å². The van der Waals surface area contributed by atoms with Gasteiger partial charge in [-0.05, 0) is 26.8 Å². The Bertz CT molecular complexity index is 448. The number of rotatable bonds is 4. The molecule has 3 nitrogen and oxygen atoms in total. The zero-order valence-electron chi connectivity index (χ0n) is 9.78. The molecule has 4 heteroatoms. The summed E-state index contributed by atoms with van der Waals surface area (Å²) in [6, 6.07) is 2.29. The lowest BCUT2D eigenvalue weighted by atomic mass is 10.2. The molecule has 1 N–H and O–H groups in total. The van der Waals surface area contributed by atoms with Crippen molar-refractivity contribution in [2.24, 2.45) is 0 Å². The molecule has 2 heterocycles. The molecule has 0 bridgehead atoms. The quantitative estimate of drug-likeness (QED) is 0.885. The predicted octanol–water partition coefficient (Wildman–Crippen LogP) is 3.20. The van der Waals surface area contributed by atoms with Crippen LogP contribution < -0.4 is 5.32 Å². The summed E-state index contributed by atoms with van der Waals surface area (Å²) in [6.07, 6.45) is 3.48. The Balaban J connectivity index is 1.95. The average Bonchev–Trinajstić information content (AvgIpc) is 2.84. The van der Waals surface area contributed by atoms with E-state index in [2.05, 4.69) is 24.1 Å². The third kappa shape index (κ3) is 2.51. The van der Waals surface area contributed by atoms with Gasteiger partial charge in [-0.3, -0.25) is 0 Å². The van der Waals surface area contributed by atoms with Gasteiger partial charge in [0.15, 0.2) is 0 Å². The molecule has 0 saturated heterocycles. The summed E-state index contributed by atoms with van der Waals surface area (Å²) < 4.78 is 5.07. The fourth-order valence-electron chi connectivity index (χ4n) is 1.62. The molecule has 0 radical (unpaired) electrons. The van der Waals surface area contributed by atoms with E-state index in [1.54, 1.807) is 23.9 Å². The molecule has 0 aliphatic rings. The minimum atomic E-state index is 0.306. The summed E-state index contributed by atoms with van der Waals surface area (Å²) in [6.45, 7) is 7.10. The summed E-state index contributed by atoms with van der Waals surface area (Å²) in [5.41, 5.74) is 2.31. The molecular formula is C12H16N2OS. The monoisotopic (exact) mass is 236 g/mol. The number of hydrogen-bond acceptors (Lipinski definition) is 4. The fourth-order valence-corrected chi connectivity index (χ4v) is 2.51. The Morgan fingerprint density at radius 1 is 1.50 bits per heavy atom. The first-order valence-corrected chi connectivity index (χ1v) is 6.17. The van der Waals surface area contributed by atoms with Crippen LogP contribution in [0.25, 0.3) is 0 Å². The Labute approximate surface area is 99.5 Å². The lowest BCUT2D eigenvalue weighted by Gasteiger charge is -2.10. The number of nitrogens with zero attached hydrogens (tertiary/aromatic N) is 1. The first-order chi connectivity index (χ1) is 7.66. The van der Waals surface area contributed by atoms with Crippen molar-refractivity contribution in [1.82, 2.24) is 10.3 Å². The second-order valence-electron chi connectivity index (χ2n) is 3.90. The highest BCUT2D eigenvalue weighted by atomic mass is 32.1. The summed E-state index contributed by atoms with van der Waals surface area (Å²) in [5.74, 6) is 0. The summed E-state index contributed by atoms with van der Waals surface area (Å²) in [4.78, 5) is 5.72. The molecule has 0 saturated carbocycles. The lowest BCUT2D eigenvalue weighted by Crippen LogP contribution is -2.17. The molecule has 0 spiro atoms. The molecule has 2 aromatic rings. The number of hydrogen-bond donors (Lipinski definition) is 1. The summed E-state index contributed by atoms with van der Waals surface area (Å²) in [5, 5.41) is 4.60. The Morgan fingerprint density at radius 2 is 2.31 bits per heavy atom. The Kier molecular flexibility index (Phi) is 3.41. The number of furan rings is 1. The van der Waals surface area contributed by atoms with Crippen molar-refractivity contribution >= 4 is 11.3 Å². The maximum absolute atomic E-state index is 5.07. The van der Waals surface area contributed by atoms with Gasteiger partial charge in [0, 0.05) is 23.0 Å². The van der Waals surface area contributed by atoms with Gasteiger partial charge in [-0.25, -0.2) is 4.98 Å². The van der Waals surface area contributed by atoms with Gasteiger partial charge in [0.1, 0.15) is 0 Å². The van der Waals surface area contributed by atoms with Gasteiger partial charge in [-0.1, -0.05) is 0 Å². The van der Waals surface area contributed by atoms with Crippen LogP contribution in [0.4, 0.5) is 0 Å². The zero-order chi connectivity index (χ0) is 11.5. The third-order valence-electron chi connectivity index (χ3n) is 2.61. The number of aromatic nitrogens is 1. The van der Waals surface area contributed by atoms with Crippen LogP contribution in [0.5, 0.6) is 0 Å². The van der Waals surface area contributed by atoms with Gasteiger partial charge in [-0.15, -0.1) is 11.3 Å². The van der Waals surface area contributed by atoms with Crippen molar-refractivity contribution in [3.63, 3.8) is 0 Å². The topological polar surface area (TPSA) is 38.1 Å². The van der Waals surface area contributed by atoms with Crippen LogP contribution in [0.15, 0.2) is 23.0 Å². The number of aryl methyl sites for hydroxylation is 2. The molecule has 2 aromatic heterocycles. The lowest BCUT2D eigenvalue weighted by molar-refractivity contribution is 0.539. The second kappa shape index (κ2) is 4.80. The fraction of sp³-hybridized carbons (Fsp3) is 0.417. The van der Waals surface area contributed by atoms with Crippen LogP contribution in [-0.2, 0) is 6.54 Å². The van der Waals surface area contributed by atoms with Crippen molar-refractivity contribution in [3.8, 4) is 0 Å². The van der Waals surface area contributed by atoms with Gasteiger partial charge in [0.2, 0.25) is 0 Å². The van der Waals surface area contributed by atoms with Crippen LogP contribution in [0.2, 0.25) is 0 Å². The molecule has 1 atom stereocenters. The van der Waals surface area contributed by atoms with E-state index in [9.17, 15) is 0 Å². The third-order valence-corrected chi connectivity index (χ3v) is 3.68. The SMILES string of the molecule is Cc1nc(C)c(CNC(C)c2ccoc2)s1. The highest BCUT2D eigenvalue weighted by Gasteiger charge is 2.09. The first-order valence-electron chi connectivity index (χ1n) is 5.35. The predicted molar refractivity (Wildman–Crippen MR) is 65.6 cm³/mol. The summed E-state index contributed by atoms with van der Waals surface area (Å²) in [7, 11) is 0. The molecule has 2 rings (SSSR count). The van der Waals surface area contributed by atoms with Gasteiger partial charge >= 0.3 is 0 Å². The van der Waals surface area contributed by atoms with Crippen molar-refractivity contribution < 1.29 is 4.42 Å². The molecular weight excluding hydrogens is 220 g/mol. The van der Waals surface area contributed by atoms with E-state index >= 15 is 0 Å². The molecule has 0 aromatic carbocycles. The zero-order valence-corrected chi connectivity index (χ0v) is 10.6. The second-order valence-corrected chi connectivity index (χ2v) is 5.19. The molecule has 0 fully saturated rings. The largest absolute Gasteiger partial charge is 0.472 e. The molecule has 86 valence electrons. The number of nitrogens with one attached hydrogen (secondary N) is 1. The van der Waals surface area contributed by atoms with Gasteiger partial charge in [-0.2, -0.15) is 0 Å². The van der Waals surface area contributed by atoms with E-state index in [4.69, 9.17) is 4.42 Å². The van der Waals surface area contributed by atoms with Crippen molar-refractivity contribution in [3.05, 3.63) is 39.7 Å². The highest BCUT2D eigenvalue weighted by molar-refractivity contribution is 7.11. The van der Waals surface area contributed by atoms with E-state index in [0.29, 0.717) is 6.04 Å². The molecule has 1 unspecified atom stereocenters. The molecule has 0 amide bonds. The standard InChI is InChI=1S/C12H16N2OS/c1-8(11-4-5-15-7-11)13-6-12-9(2)14-10(3)16-12/h4-5,7-8,13H,6H2,1-3H3. The van der Waals surface area contributed by atoms with Crippen LogP contribution in [0.1, 0.15) is 34.1 Å². The maximum Gasteiger partial charge on any atom is 0.0950 e. The smallest absolute Gasteiger partial charge is 0.0950 e.